The first-order valence-electron chi connectivity index (χ1n) is 7.22. The van der Waals surface area contributed by atoms with E-state index >= 15 is 0 Å². The van der Waals surface area contributed by atoms with Gasteiger partial charge in [0.1, 0.15) is 0 Å². The molecule has 1 aromatic heterocycles. The number of benzene rings is 1. The molecule has 0 aliphatic rings. The number of rotatable bonds is 7. The highest BCUT2D eigenvalue weighted by molar-refractivity contribution is 5.94. The van der Waals surface area contributed by atoms with Gasteiger partial charge in [0.15, 0.2) is 5.82 Å². The summed E-state index contributed by atoms with van der Waals surface area (Å²) in [7, 11) is 1.50. The lowest BCUT2D eigenvalue weighted by molar-refractivity contribution is 0.0136. The second-order valence-electron chi connectivity index (χ2n) is 5.20. The van der Waals surface area contributed by atoms with Crippen LogP contribution in [0.5, 0.6) is 0 Å². The molecular weight excluding hydrogens is 299 g/mol. The quantitative estimate of drug-likeness (QED) is 0.846. The first-order chi connectivity index (χ1) is 11.1. The molecule has 6 heteroatoms. The Hall–Kier alpha value is -2.31. The third kappa shape index (κ3) is 5.12. The maximum Gasteiger partial charge on any atom is 0.256 e. The van der Waals surface area contributed by atoms with Gasteiger partial charge in [-0.3, -0.25) is 9.78 Å². The molecule has 2 rings (SSSR count). The SMILES string of the molecule is CN(CC(O)COCc1ccccc1)C(=O)c1ccncc1F. The van der Waals surface area contributed by atoms with Crippen molar-refractivity contribution in [2.24, 2.45) is 0 Å². The predicted octanol–water partition coefficient (Wildman–Crippen LogP) is 1.87. The van der Waals surface area contributed by atoms with Crippen molar-refractivity contribution in [3.63, 3.8) is 0 Å². The molecule has 0 fully saturated rings. The van der Waals surface area contributed by atoms with Crippen LogP contribution in [0.25, 0.3) is 0 Å². The Kier molecular flexibility index (Phi) is 6.19. The minimum atomic E-state index is -0.849. The largest absolute Gasteiger partial charge is 0.389 e. The van der Waals surface area contributed by atoms with E-state index in [0.29, 0.717) is 6.61 Å². The van der Waals surface area contributed by atoms with Crippen molar-refractivity contribution in [1.82, 2.24) is 9.88 Å². The van der Waals surface area contributed by atoms with Crippen LogP contribution >= 0.6 is 0 Å². The third-order valence-corrected chi connectivity index (χ3v) is 3.26. The molecule has 1 atom stereocenters. The number of aliphatic hydroxyl groups is 1. The summed E-state index contributed by atoms with van der Waals surface area (Å²) < 4.78 is 19.0. The molecule has 0 radical (unpaired) electrons. The summed E-state index contributed by atoms with van der Waals surface area (Å²) in [6.45, 7) is 0.523. The zero-order valence-electron chi connectivity index (χ0n) is 12.9. The normalized spacial score (nSPS) is 12.0. The number of aromatic nitrogens is 1. The van der Waals surface area contributed by atoms with E-state index in [1.165, 1.54) is 24.2 Å². The maximum atomic E-state index is 13.5. The first kappa shape index (κ1) is 17.1. The van der Waals surface area contributed by atoms with Gasteiger partial charge in [-0.1, -0.05) is 30.3 Å². The van der Waals surface area contributed by atoms with Gasteiger partial charge in [-0.05, 0) is 11.6 Å². The van der Waals surface area contributed by atoms with E-state index in [9.17, 15) is 14.3 Å². The van der Waals surface area contributed by atoms with Crippen molar-refractivity contribution in [1.29, 1.82) is 0 Å². The Balaban J connectivity index is 1.79. The third-order valence-electron chi connectivity index (χ3n) is 3.26. The molecule has 122 valence electrons. The summed E-state index contributed by atoms with van der Waals surface area (Å²) in [5.41, 5.74) is 0.933. The van der Waals surface area contributed by atoms with E-state index in [4.69, 9.17) is 4.74 Å². The van der Waals surface area contributed by atoms with Gasteiger partial charge in [0.05, 0.1) is 31.1 Å². The highest BCUT2D eigenvalue weighted by Gasteiger charge is 2.18. The predicted molar refractivity (Wildman–Crippen MR) is 83.3 cm³/mol. The summed E-state index contributed by atoms with van der Waals surface area (Å²) in [5, 5.41) is 9.94. The Labute approximate surface area is 134 Å². The van der Waals surface area contributed by atoms with Crippen molar-refractivity contribution in [3.05, 3.63) is 65.7 Å². The number of nitrogens with zero attached hydrogens (tertiary/aromatic N) is 2. The fourth-order valence-corrected chi connectivity index (χ4v) is 2.09. The number of amides is 1. The molecule has 1 heterocycles. The number of carbonyl (C=O) groups is 1. The Morgan fingerprint density at radius 2 is 2.09 bits per heavy atom. The average molecular weight is 318 g/mol. The van der Waals surface area contributed by atoms with Crippen LogP contribution in [0.3, 0.4) is 0 Å². The summed E-state index contributed by atoms with van der Waals surface area (Å²) in [6, 6.07) is 10.9. The zero-order chi connectivity index (χ0) is 16.7. The molecular formula is C17H19FN2O3. The number of likely N-dealkylation sites (N-methyl/N-ethyl adjacent to an activating group) is 1. The number of halogens is 1. The van der Waals surface area contributed by atoms with Crippen molar-refractivity contribution < 1.29 is 19.0 Å². The van der Waals surface area contributed by atoms with Crippen molar-refractivity contribution >= 4 is 5.91 Å². The molecule has 1 N–H and O–H groups in total. The smallest absolute Gasteiger partial charge is 0.256 e. The van der Waals surface area contributed by atoms with Gasteiger partial charge in [0, 0.05) is 19.8 Å². The summed E-state index contributed by atoms with van der Waals surface area (Å²) in [6.07, 6.45) is 1.49. The Bertz CT molecular complexity index is 637. The van der Waals surface area contributed by atoms with Crippen LogP contribution in [-0.4, -0.2) is 47.2 Å². The van der Waals surface area contributed by atoms with Gasteiger partial charge < -0.3 is 14.7 Å². The fraction of sp³-hybridized carbons (Fsp3) is 0.294. The molecule has 5 nitrogen and oxygen atoms in total. The van der Waals surface area contributed by atoms with Crippen molar-refractivity contribution in [2.45, 2.75) is 12.7 Å². The number of hydrogen-bond donors (Lipinski definition) is 1. The van der Waals surface area contributed by atoms with E-state index in [1.807, 2.05) is 30.3 Å². The maximum absolute atomic E-state index is 13.5. The lowest BCUT2D eigenvalue weighted by Crippen LogP contribution is -2.36. The summed E-state index contributed by atoms with van der Waals surface area (Å²) in [5.74, 6) is -1.19. The van der Waals surface area contributed by atoms with Gasteiger partial charge in [-0.25, -0.2) is 4.39 Å². The minimum Gasteiger partial charge on any atom is -0.389 e. The van der Waals surface area contributed by atoms with Gasteiger partial charge >= 0.3 is 0 Å². The summed E-state index contributed by atoms with van der Waals surface area (Å²) in [4.78, 5) is 17.0. The number of carbonyl (C=O) groups excluding carboxylic acids is 1. The molecule has 0 aliphatic carbocycles. The highest BCUT2D eigenvalue weighted by Crippen LogP contribution is 2.08. The zero-order valence-corrected chi connectivity index (χ0v) is 12.9. The monoisotopic (exact) mass is 318 g/mol. The second kappa shape index (κ2) is 8.36. The van der Waals surface area contributed by atoms with Gasteiger partial charge in [0.2, 0.25) is 0 Å². The Morgan fingerprint density at radius 3 is 2.78 bits per heavy atom. The van der Waals surface area contributed by atoms with Crippen LogP contribution in [0.1, 0.15) is 15.9 Å². The molecule has 1 unspecified atom stereocenters. The topological polar surface area (TPSA) is 62.7 Å². The molecule has 0 aliphatic heterocycles. The lowest BCUT2D eigenvalue weighted by Gasteiger charge is -2.21. The second-order valence-corrected chi connectivity index (χ2v) is 5.20. The van der Waals surface area contributed by atoms with Crippen molar-refractivity contribution in [3.8, 4) is 0 Å². The lowest BCUT2D eigenvalue weighted by atomic mass is 10.2. The number of pyridine rings is 1. The van der Waals surface area contributed by atoms with Crippen LogP contribution in [0.15, 0.2) is 48.8 Å². The van der Waals surface area contributed by atoms with E-state index in [-0.39, 0.29) is 18.7 Å². The van der Waals surface area contributed by atoms with Gasteiger partial charge in [-0.15, -0.1) is 0 Å². The molecule has 1 aromatic carbocycles. The number of aliphatic hydroxyl groups excluding tert-OH is 1. The molecule has 0 spiro atoms. The van der Waals surface area contributed by atoms with Crippen molar-refractivity contribution in [2.75, 3.05) is 20.2 Å². The van der Waals surface area contributed by atoms with Crippen LogP contribution in [0.4, 0.5) is 4.39 Å². The standard InChI is InChI=1S/C17H19FN2O3/c1-20(17(22)15-7-8-19-9-16(15)18)10-14(21)12-23-11-13-5-3-2-4-6-13/h2-9,14,21H,10-12H2,1H3. The number of hydrogen-bond acceptors (Lipinski definition) is 4. The number of ether oxygens (including phenoxy) is 1. The van der Waals surface area contributed by atoms with E-state index in [1.54, 1.807) is 0 Å². The molecule has 23 heavy (non-hydrogen) atoms. The molecule has 2 aromatic rings. The molecule has 0 saturated heterocycles. The molecule has 0 bridgehead atoms. The van der Waals surface area contributed by atoms with Crippen LogP contribution in [-0.2, 0) is 11.3 Å². The van der Waals surface area contributed by atoms with Crippen LogP contribution < -0.4 is 0 Å². The van der Waals surface area contributed by atoms with Gasteiger partial charge in [0.25, 0.3) is 5.91 Å². The first-order valence-corrected chi connectivity index (χ1v) is 7.22. The van der Waals surface area contributed by atoms with E-state index < -0.39 is 17.8 Å². The van der Waals surface area contributed by atoms with Crippen LogP contribution in [0, 0.1) is 5.82 Å². The summed E-state index contributed by atoms with van der Waals surface area (Å²) >= 11 is 0. The van der Waals surface area contributed by atoms with E-state index in [0.717, 1.165) is 11.8 Å². The van der Waals surface area contributed by atoms with E-state index in [2.05, 4.69) is 4.98 Å². The van der Waals surface area contributed by atoms with Gasteiger partial charge in [-0.2, -0.15) is 0 Å². The van der Waals surface area contributed by atoms with Crippen LogP contribution in [0.2, 0.25) is 0 Å². The molecule has 1 amide bonds. The minimum absolute atomic E-state index is 0.0510. The average Bonchev–Trinajstić information content (AvgIpc) is 2.55. The highest BCUT2D eigenvalue weighted by atomic mass is 19.1. The fourth-order valence-electron chi connectivity index (χ4n) is 2.09. The molecule has 0 saturated carbocycles. The Morgan fingerprint density at radius 1 is 1.35 bits per heavy atom.